The lowest BCUT2D eigenvalue weighted by atomic mass is 9.94. The first kappa shape index (κ1) is 11.7. The Balaban J connectivity index is 1.75. The predicted molar refractivity (Wildman–Crippen MR) is 66.5 cm³/mol. The molecule has 1 aliphatic heterocycles. The second kappa shape index (κ2) is 4.27. The van der Waals surface area contributed by atoms with Gasteiger partial charge in [0.15, 0.2) is 0 Å². The van der Waals surface area contributed by atoms with Crippen LogP contribution in [0.25, 0.3) is 0 Å². The lowest BCUT2D eigenvalue weighted by molar-refractivity contribution is -0.0628. The second-order valence-electron chi connectivity index (χ2n) is 5.57. The minimum Gasteiger partial charge on any atom is -0.375 e. The van der Waals surface area contributed by atoms with Crippen molar-refractivity contribution in [1.82, 2.24) is 5.32 Å². The molecule has 1 saturated carbocycles. The van der Waals surface area contributed by atoms with Crippen molar-refractivity contribution >= 4 is 11.8 Å². The molecule has 1 saturated heterocycles. The first-order chi connectivity index (χ1) is 7.05. The monoisotopic (exact) mass is 229 g/mol. The molecular formula is C12H23NOS. The summed E-state index contributed by atoms with van der Waals surface area (Å²) in [6, 6.07) is 0.665. The smallest absolute Gasteiger partial charge is 0.0641 e. The predicted octanol–water partition coefficient (Wildman–Crippen LogP) is 2.43. The molecule has 1 heterocycles. The van der Waals surface area contributed by atoms with E-state index >= 15 is 0 Å². The molecule has 1 N–H and O–H groups in total. The van der Waals surface area contributed by atoms with Crippen molar-refractivity contribution in [3.8, 4) is 0 Å². The summed E-state index contributed by atoms with van der Waals surface area (Å²) in [5, 5.41) is 3.73. The molecule has 1 aliphatic carbocycles. The first-order valence-electron chi connectivity index (χ1n) is 5.98. The second-order valence-corrected chi connectivity index (χ2v) is 6.84. The molecule has 0 aromatic rings. The molecular weight excluding hydrogens is 206 g/mol. The van der Waals surface area contributed by atoms with E-state index in [2.05, 4.69) is 25.4 Å². The zero-order chi connectivity index (χ0) is 10.9. The molecule has 2 aliphatic rings. The quantitative estimate of drug-likeness (QED) is 0.800. The summed E-state index contributed by atoms with van der Waals surface area (Å²) in [5.41, 5.74) is 0.0754. The molecule has 2 rings (SSSR count). The van der Waals surface area contributed by atoms with Gasteiger partial charge in [0.05, 0.1) is 5.60 Å². The highest BCUT2D eigenvalue weighted by Crippen LogP contribution is 2.46. The lowest BCUT2D eigenvalue weighted by Gasteiger charge is -2.36. The molecule has 0 aromatic heterocycles. The highest BCUT2D eigenvalue weighted by atomic mass is 32.2. The molecule has 2 nitrogen and oxygen atoms in total. The molecule has 1 atom stereocenters. The van der Waals surface area contributed by atoms with Crippen LogP contribution in [0.15, 0.2) is 0 Å². The Morgan fingerprint density at radius 1 is 1.40 bits per heavy atom. The average Bonchev–Trinajstić information content (AvgIpc) is 2.94. The van der Waals surface area contributed by atoms with Crippen LogP contribution < -0.4 is 5.32 Å². The Bertz CT molecular complexity index is 226. The van der Waals surface area contributed by atoms with Gasteiger partial charge in [-0.15, -0.1) is 0 Å². The van der Waals surface area contributed by atoms with Crippen molar-refractivity contribution < 1.29 is 4.74 Å². The largest absolute Gasteiger partial charge is 0.375 e. The highest BCUT2D eigenvalue weighted by Gasteiger charge is 2.42. The van der Waals surface area contributed by atoms with Gasteiger partial charge in [-0.25, -0.2) is 0 Å². The van der Waals surface area contributed by atoms with Gasteiger partial charge in [0.1, 0.15) is 0 Å². The molecule has 1 unspecified atom stereocenters. The van der Waals surface area contributed by atoms with E-state index in [0.717, 1.165) is 13.0 Å². The number of thioether (sulfide) groups is 1. The van der Waals surface area contributed by atoms with Gasteiger partial charge in [-0.05, 0) is 45.8 Å². The van der Waals surface area contributed by atoms with Crippen LogP contribution in [-0.4, -0.2) is 35.8 Å². The molecule has 0 spiro atoms. The van der Waals surface area contributed by atoms with Crippen molar-refractivity contribution in [2.45, 2.75) is 55.9 Å². The van der Waals surface area contributed by atoms with E-state index in [0.29, 0.717) is 10.8 Å². The van der Waals surface area contributed by atoms with Crippen LogP contribution in [0.5, 0.6) is 0 Å². The summed E-state index contributed by atoms with van der Waals surface area (Å²) in [6.07, 6.45) is 7.36. The normalized spacial score (nSPS) is 32.6. The van der Waals surface area contributed by atoms with E-state index < -0.39 is 0 Å². The van der Waals surface area contributed by atoms with Gasteiger partial charge in [0, 0.05) is 23.9 Å². The molecule has 3 heteroatoms. The third-order valence-electron chi connectivity index (χ3n) is 3.65. The Kier molecular flexibility index (Phi) is 3.34. The first-order valence-corrected chi connectivity index (χ1v) is 7.20. The van der Waals surface area contributed by atoms with E-state index in [-0.39, 0.29) is 5.60 Å². The maximum atomic E-state index is 5.72. The average molecular weight is 229 g/mol. The number of ether oxygens (including phenoxy) is 1. The van der Waals surface area contributed by atoms with Gasteiger partial charge in [0.2, 0.25) is 0 Å². The van der Waals surface area contributed by atoms with Crippen molar-refractivity contribution in [1.29, 1.82) is 0 Å². The van der Waals surface area contributed by atoms with Crippen molar-refractivity contribution in [3.05, 3.63) is 0 Å². The zero-order valence-corrected chi connectivity index (χ0v) is 11.0. The lowest BCUT2D eigenvalue weighted by Crippen LogP contribution is -2.45. The summed E-state index contributed by atoms with van der Waals surface area (Å²) < 4.78 is 6.31. The molecule has 0 aromatic carbocycles. The van der Waals surface area contributed by atoms with Gasteiger partial charge >= 0.3 is 0 Å². The minimum absolute atomic E-state index is 0.0754. The van der Waals surface area contributed by atoms with Crippen molar-refractivity contribution in [2.24, 2.45) is 0 Å². The molecule has 2 fully saturated rings. The van der Waals surface area contributed by atoms with Crippen LogP contribution in [0.1, 0.15) is 39.5 Å². The molecule has 0 amide bonds. The Morgan fingerprint density at radius 2 is 2.13 bits per heavy atom. The fraction of sp³-hybridized carbons (Fsp3) is 1.00. The fourth-order valence-corrected chi connectivity index (χ4v) is 3.07. The third kappa shape index (κ3) is 3.11. The maximum absolute atomic E-state index is 5.72. The minimum atomic E-state index is 0.0754. The topological polar surface area (TPSA) is 21.3 Å². The Labute approximate surface area is 97.5 Å². The SMILES string of the molecule is CSC1(CNC2CCOC(C)(C)C2)CC1. The van der Waals surface area contributed by atoms with Gasteiger partial charge in [-0.2, -0.15) is 11.8 Å². The van der Waals surface area contributed by atoms with Crippen molar-refractivity contribution in [2.75, 3.05) is 19.4 Å². The van der Waals surface area contributed by atoms with Crippen LogP contribution in [0.3, 0.4) is 0 Å². The highest BCUT2D eigenvalue weighted by molar-refractivity contribution is 8.00. The zero-order valence-electron chi connectivity index (χ0n) is 10.1. The summed E-state index contributed by atoms with van der Waals surface area (Å²) in [7, 11) is 0. The van der Waals surface area contributed by atoms with Gasteiger partial charge in [-0.3, -0.25) is 0 Å². The number of hydrogen-bond donors (Lipinski definition) is 1. The summed E-state index contributed by atoms with van der Waals surface area (Å²) in [5.74, 6) is 0. The number of rotatable bonds is 4. The maximum Gasteiger partial charge on any atom is 0.0641 e. The van der Waals surface area contributed by atoms with Crippen LogP contribution in [0.4, 0.5) is 0 Å². The van der Waals surface area contributed by atoms with E-state index in [1.807, 2.05) is 11.8 Å². The molecule has 0 radical (unpaired) electrons. The fourth-order valence-electron chi connectivity index (χ4n) is 2.33. The number of nitrogens with one attached hydrogen (secondary N) is 1. The molecule has 15 heavy (non-hydrogen) atoms. The van der Waals surface area contributed by atoms with Crippen LogP contribution in [0.2, 0.25) is 0 Å². The third-order valence-corrected chi connectivity index (χ3v) is 5.07. The van der Waals surface area contributed by atoms with Crippen LogP contribution in [-0.2, 0) is 4.74 Å². The van der Waals surface area contributed by atoms with E-state index in [1.54, 1.807) is 0 Å². The van der Waals surface area contributed by atoms with Crippen LogP contribution >= 0.6 is 11.8 Å². The van der Waals surface area contributed by atoms with E-state index in [4.69, 9.17) is 4.74 Å². The molecule has 88 valence electrons. The summed E-state index contributed by atoms with van der Waals surface area (Å²) in [4.78, 5) is 0. The summed E-state index contributed by atoms with van der Waals surface area (Å²) >= 11 is 2.03. The Morgan fingerprint density at radius 3 is 2.67 bits per heavy atom. The Hall–Kier alpha value is 0.270. The van der Waals surface area contributed by atoms with Gasteiger partial charge in [0.25, 0.3) is 0 Å². The van der Waals surface area contributed by atoms with E-state index in [9.17, 15) is 0 Å². The van der Waals surface area contributed by atoms with Gasteiger partial charge < -0.3 is 10.1 Å². The van der Waals surface area contributed by atoms with Gasteiger partial charge in [-0.1, -0.05) is 0 Å². The number of hydrogen-bond acceptors (Lipinski definition) is 3. The molecule has 0 bridgehead atoms. The van der Waals surface area contributed by atoms with E-state index in [1.165, 1.54) is 25.8 Å². The van der Waals surface area contributed by atoms with Crippen molar-refractivity contribution in [3.63, 3.8) is 0 Å². The van der Waals surface area contributed by atoms with Crippen LogP contribution in [0, 0.1) is 0 Å². The summed E-state index contributed by atoms with van der Waals surface area (Å²) in [6.45, 7) is 6.50. The standard InChI is InChI=1S/C12H23NOS/c1-11(2)8-10(4-7-14-11)13-9-12(15-3)5-6-12/h10,13H,4-9H2,1-3H3.